The van der Waals surface area contributed by atoms with Gasteiger partial charge in [-0.05, 0) is 87.9 Å². The highest BCUT2D eigenvalue weighted by Crippen LogP contribution is 2.45. The van der Waals surface area contributed by atoms with E-state index in [1.807, 2.05) is 18.2 Å². The lowest BCUT2D eigenvalue weighted by Gasteiger charge is -2.27. The predicted molar refractivity (Wildman–Crippen MR) is 194 cm³/mol. The first-order valence-electron chi connectivity index (χ1n) is 15.8. The number of hydrogen-bond acceptors (Lipinski definition) is 4. The Kier molecular flexibility index (Phi) is 5.54. The van der Waals surface area contributed by atoms with Gasteiger partial charge in [-0.2, -0.15) is 0 Å². The molecule has 0 bridgehead atoms. The molecule has 3 heterocycles. The van der Waals surface area contributed by atoms with Crippen LogP contribution in [0.4, 0.5) is 17.1 Å². The molecule has 7 aromatic carbocycles. The lowest BCUT2D eigenvalue weighted by atomic mass is 9.97. The fraction of sp³-hybridized carbons (Fsp3) is 0. The van der Waals surface area contributed by atoms with Crippen molar-refractivity contribution in [3.8, 4) is 11.1 Å². The highest BCUT2D eigenvalue weighted by Gasteiger charge is 2.21. The third-order valence-corrected chi connectivity index (χ3v) is 9.30. The van der Waals surface area contributed by atoms with E-state index in [-0.39, 0.29) is 0 Å². The van der Waals surface area contributed by atoms with Crippen LogP contribution in [0.2, 0.25) is 0 Å². The van der Waals surface area contributed by atoms with Crippen LogP contribution in [0.25, 0.3) is 76.7 Å². The van der Waals surface area contributed by atoms with Crippen LogP contribution < -0.4 is 4.90 Å². The zero-order valence-corrected chi connectivity index (χ0v) is 25.2. The molecule has 0 N–H and O–H groups in total. The molecule has 0 saturated heterocycles. The van der Waals surface area contributed by atoms with E-state index in [1.54, 1.807) is 6.20 Å². The normalized spacial score (nSPS) is 11.8. The zero-order chi connectivity index (χ0) is 30.9. The fourth-order valence-corrected chi connectivity index (χ4v) is 7.17. The number of nitrogens with zero attached hydrogens (tertiary/aromatic N) is 2. The molecule has 0 aliphatic rings. The molecular weight excluding hydrogens is 576 g/mol. The standard InChI is InChI=1S/C43H26N2O2/c1-2-13-32-27(9-1)10-6-15-33(32)29-11-5-12-30(25-29)45(38-17-7-19-40-41(38)36-14-3-4-18-39(36)46-40)31-22-20-28-21-23-34-35-16-8-24-44-43(35)47-42(34)37(28)26-31/h1-26H. The average Bonchev–Trinajstić information content (AvgIpc) is 3.71. The van der Waals surface area contributed by atoms with Gasteiger partial charge in [-0.1, -0.05) is 91.0 Å². The Labute approximate surface area is 269 Å². The van der Waals surface area contributed by atoms with Crippen molar-refractivity contribution in [1.29, 1.82) is 0 Å². The summed E-state index contributed by atoms with van der Waals surface area (Å²) in [5.41, 5.74) is 8.67. The third kappa shape index (κ3) is 3.98. The van der Waals surface area contributed by atoms with E-state index in [4.69, 9.17) is 8.83 Å². The SMILES string of the molecule is c1cc(-c2cccc3ccccc23)cc(N(c2ccc3ccc4c5cccnc5oc4c3c2)c2cccc3oc4ccccc4c23)c1. The van der Waals surface area contributed by atoms with Crippen LogP contribution >= 0.6 is 0 Å². The van der Waals surface area contributed by atoms with Gasteiger partial charge in [-0.15, -0.1) is 0 Å². The molecular formula is C43H26N2O2. The van der Waals surface area contributed by atoms with Crippen LogP contribution in [0.15, 0.2) is 167 Å². The molecule has 0 atom stereocenters. The average molecular weight is 603 g/mol. The van der Waals surface area contributed by atoms with Gasteiger partial charge in [0.25, 0.3) is 0 Å². The van der Waals surface area contributed by atoms with Crippen LogP contribution in [0.5, 0.6) is 0 Å². The molecule has 0 aliphatic carbocycles. The Hall–Kier alpha value is -6.39. The van der Waals surface area contributed by atoms with Crippen LogP contribution in [0, 0.1) is 0 Å². The van der Waals surface area contributed by atoms with Gasteiger partial charge in [-0.3, -0.25) is 0 Å². The molecule has 0 amide bonds. The van der Waals surface area contributed by atoms with E-state index in [9.17, 15) is 0 Å². The fourth-order valence-electron chi connectivity index (χ4n) is 7.17. The van der Waals surface area contributed by atoms with Crippen molar-refractivity contribution in [3.63, 3.8) is 0 Å². The highest BCUT2D eigenvalue weighted by atomic mass is 16.3. The summed E-state index contributed by atoms with van der Waals surface area (Å²) in [7, 11) is 0. The van der Waals surface area contributed by atoms with E-state index in [1.165, 1.54) is 16.3 Å². The Morgan fingerprint density at radius 3 is 2.19 bits per heavy atom. The molecule has 10 aromatic rings. The quantitative estimate of drug-likeness (QED) is 0.201. The molecule has 0 aliphatic heterocycles. The monoisotopic (exact) mass is 602 g/mol. The number of fused-ring (bicyclic) bond motifs is 9. The van der Waals surface area contributed by atoms with E-state index in [0.29, 0.717) is 5.71 Å². The molecule has 4 heteroatoms. The summed E-state index contributed by atoms with van der Waals surface area (Å²) < 4.78 is 12.8. The maximum Gasteiger partial charge on any atom is 0.227 e. The van der Waals surface area contributed by atoms with Crippen molar-refractivity contribution in [2.24, 2.45) is 0 Å². The number of pyridine rings is 1. The van der Waals surface area contributed by atoms with Gasteiger partial charge >= 0.3 is 0 Å². The largest absolute Gasteiger partial charge is 0.456 e. The van der Waals surface area contributed by atoms with Gasteiger partial charge < -0.3 is 13.7 Å². The van der Waals surface area contributed by atoms with Crippen molar-refractivity contribution in [2.75, 3.05) is 4.90 Å². The Bertz CT molecular complexity index is 2820. The summed E-state index contributed by atoms with van der Waals surface area (Å²) in [6.07, 6.45) is 1.78. The Morgan fingerprint density at radius 1 is 0.468 bits per heavy atom. The van der Waals surface area contributed by atoms with Crippen molar-refractivity contribution >= 4 is 82.6 Å². The summed E-state index contributed by atoms with van der Waals surface area (Å²) in [5.74, 6) is 0. The Morgan fingerprint density at radius 2 is 1.21 bits per heavy atom. The molecule has 47 heavy (non-hydrogen) atoms. The van der Waals surface area contributed by atoms with Crippen LogP contribution in [0.1, 0.15) is 0 Å². The minimum Gasteiger partial charge on any atom is -0.456 e. The van der Waals surface area contributed by atoms with E-state index in [0.717, 1.165) is 71.7 Å². The minimum atomic E-state index is 0.648. The second-order valence-corrected chi connectivity index (χ2v) is 12.0. The van der Waals surface area contributed by atoms with Crippen LogP contribution in [0.3, 0.4) is 0 Å². The first-order chi connectivity index (χ1) is 23.3. The summed E-state index contributed by atoms with van der Waals surface area (Å²) in [6.45, 7) is 0. The maximum absolute atomic E-state index is 6.40. The van der Waals surface area contributed by atoms with E-state index in [2.05, 4.69) is 143 Å². The molecule has 4 nitrogen and oxygen atoms in total. The summed E-state index contributed by atoms with van der Waals surface area (Å²) in [5, 5.41) is 8.84. The number of furan rings is 2. The maximum atomic E-state index is 6.40. The summed E-state index contributed by atoms with van der Waals surface area (Å²) in [6, 6.07) is 53.4. The van der Waals surface area contributed by atoms with Crippen molar-refractivity contribution in [2.45, 2.75) is 0 Å². The molecule has 220 valence electrons. The number of aromatic nitrogens is 1. The van der Waals surface area contributed by atoms with Gasteiger partial charge in [0, 0.05) is 39.1 Å². The van der Waals surface area contributed by atoms with Crippen molar-refractivity contribution in [1.82, 2.24) is 4.98 Å². The molecule has 10 rings (SSSR count). The second-order valence-electron chi connectivity index (χ2n) is 12.0. The predicted octanol–water partition coefficient (Wildman–Crippen LogP) is 12.3. The molecule has 0 fully saturated rings. The molecule has 0 saturated carbocycles. The van der Waals surface area contributed by atoms with Gasteiger partial charge in [0.15, 0.2) is 0 Å². The number of rotatable bonds is 4. The topological polar surface area (TPSA) is 42.4 Å². The van der Waals surface area contributed by atoms with Gasteiger partial charge in [0.2, 0.25) is 5.71 Å². The van der Waals surface area contributed by atoms with Crippen LogP contribution in [-0.4, -0.2) is 4.98 Å². The molecule has 3 aromatic heterocycles. The van der Waals surface area contributed by atoms with Gasteiger partial charge in [-0.25, -0.2) is 4.98 Å². The van der Waals surface area contributed by atoms with Crippen molar-refractivity contribution in [3.05, 3.63) is 158 Å². The first kappa shape index (κ1) is 25.9. The summed E-state index contributed by atoms with van der Waals surface area (Å²) in [4.78, 5) is 6.85. The van der Waals surface area contributed by atoms with E-state index < -0.39 is 0 Å². The third-order valence-electron chi connectivity index (χ3n) is 9.30. The molecule has 0 unspecified atom stereocenters. The number of benzene rings is 7. The minimum absolute atomic E-state index is 0.648. The lowest BCUT2D eigenvalue weighted by Crippen LogP contribution is -2.10. The molecule has 0 radical (unpaired) electrons. The van der Waals surface area contributed by atoms with E-state index >= 15 is 0 Å². The number of para-hydroxylation sites is 1. The highest BCUT2D eigenvalue weighted by molar-refractivity contribution is 6.16. The zero-order valence-electron chi connectivity index (χ0n) is 25.2. The summed E-state index contributed by atoms with van der Waals surface area (Å²) >= 11 is 0. The second kappa shape index (κ2) is 10.1. The van der Waals surface area contributed by atoms with Crippen LogP contribution in [-0.2, 0) is 0 Å². The lowest BCUT2D eigenvalue weighted by molar-refractivity contribution is 0.657. The van der Waals surface area contributed by atoms with Gasteiger partial charge in [0.05, 0.1) is 11.1 Å². The first-order valence-corrected chi connectivity index (χ1v) is 15.8. The number of anilines is 3. The molecule has 0 spiro atoms. The van der Waals surface area contributed by atoms with Gasteiger partial charge in [0.1, 0.15) is 16.7 Å². The Balaban J connectivity index is 1.26. The smallest absolute Gasteiger partial charge is 0.227 e. The number of hydrogen-bond donors (Lipinski definition) is 0. The van der Waals surface area contributed by atoms with Crippen molar-refractivity contribution < 1.29 is 8.83 Å².